The number of aryl methyl sites for hydroxylation is 1. The molecule has 2 aromatic rings. The standard InChI is InChI=1S/C16H18N2O2/c1-13-7-9-14(10-8-13)11-17-16(19)18-12-20-15-5-3-2-4-6-15/h2-10H,11-12H2,1H3,(H2,17,18,19). The van der Waals surface area contributed by atoms with Crippen LogP contribution in [0.5, 0.6) is 5.75 Å². The predicted molar refractivity (Wildman–Crippen MR) is 78.5 cm³/mol. The van der Waals surface area contributed by atoms with E-state index in [0.29, 0.717) is 6.54 Å². The van der Waals surface area contributed by atoms with Crippen LogP contribution in [0.25, 0.3) is 0 Å². The summed E-state index contributed by atoms with van der Waals surface area (Å²) in [7, 11) is 0. The number of ether oxygens (including phenoxy) is 1. The van der Waals surface area contributed by atoms with E-state index in [2.05, 4.69) is 10.6 Å². The Balaban J connectivity index is 1.67. The SMILES string of the molecule is Cc1ccc(CNC(=O)NCOc2ccccc2)cc1. The van der Waals surface area contributed by atoms with Crippen molar-refractivity contribution >= 4 is 6.03 Å². The molecule has 20 heavy (non-hydrogen) atoms. The molecule has 2 amide bonds. The average Bonchev–Trinajstić information content (AvgIpc) is 2.48. The van der Waals surface area contributed by atoms with Gasteiger partial charge in [-0.25, -0.2) is 4.79 Å². The summed E-state index contributed by atoms with van der Waals surface area (Å²) in [4.78, 5) is 11.6. The Morgan fingerprint density at radius 1 is 1.00 bits per heavy atom. The number of urea groups is 1. The fourth-order valence-corrected chi connectivity index (χ4v) is 1.65. The highest BCUT2D eigenvalue weighted by Crippen LogP contribution is 2.07. The highest BCUT2D eigenvalue weighted by molar-refractivity contribution is 5.73. The molecule has 2 N–H and O–H groups in total. The molecule has 2 rings (SSSR count). The third-order valence-electron chi connectivity index (χ3n) is 2.79. The number of amides is 2. The Hall–Kier alpha value is -2.49. The van der Waals surface area contributed by atoms with E-state index in [-0.39, 0.29) is 12.8 Å². The minimum Gasteiger partial charge on any atom is -0.473 e. The number of carbonyl (C=O) groups excluding carboxylic acids is 1. The minimum absolute atomic E-state index is 0.143. The van der Waals surface area contributed by atoms with Gasteiger partial charge in [0, 0.05) is 6.54 Å². The van der Waals surface area contributed by atoms with Crippen molar-refractivity contribution in [2.24, 2.45) is 0 Å². The Bertz CT molecular complexity index is 538. The van der Waals surface area contributed by atoms with E-state index < -0.39 is 0 Å². The van der Waals surface area contributed by atoms with Crippen LogP contribution < -0.4 is 15.4 Å². The normalized spacial score (nSPS) is 9.85. The second-order valence-electron chi connectivity index (χ2n) is 4.45. The predicted octanol–water partition coefficient (Wildman–Crippen LogP) is 2.83. The Morgan fingerprint density at radius 3 is 2.40 bits per heavy atom. The van der Waals surface area contributed by atoms with Crippen molar-refractivity contribution < 1.29 is 9.53 Å². The number of hydrogen-bond acceptors (Lipinski definition) is 2. The second-order valence-corrected chi connectivity index (χ2v) is 4.45. The molecule has 4 nitrogen and oxygen atoms in total. The summed E-state index contributed by atoms with van der Waals surface area (Å²) in [6, 6.07) is 17.1. The van der Waals surface area contributed by atoms with Crippen molar-refractivity contribution in [3.8, 4) is 5.75 Å². The van der Waals surface area contributed by atoms with Crippen LogP contribution in [-0.2, 0) is 6.54 Å². The number of nitrogens with one attached hydrogen (secondary N) is 2. The molecule has 0 unspecified atom stereocenters. The molecule has 0 aliphatic heterocycles. The number of hydrogen-bond donors (Lipinski definition) is 2. The van der Waals surface area contributed by atoms with Crippen LogP contribution in [0.1, 0.15) is 11.1 Å². The summed E-state index contributed by atoms with van der Waals surface area (Å²) in [5.41, 5.74) is 2.27. The smallest absolute Gasteiger partial charge is 0.317 e. The van der Waals surface area contributed by atoms with Crippen molar-refractivity contribution in [3.05, 3.63) is 65.7 Å². The fourth-order valence-electron chi connectivity index (χ4n) is 1.65. The average molecular weight is 270 g/mol. The molecule has 0 atom stereocenters. The van der Waals surface area contributed by atoms with E-state index in [0.717, 1.165) is 11.3 Å². The lowest BCUT2D eigenvalue weighted by atomic mass is 10.1. The van der Waals surface area contributed by atoms with E-state index >= 15 is 0 Å². The van der Waals surface area contributed by atoms with E-state index in [1.807, 2.05) is 61.5 Å². The highest BCUT2D eigenvalue weighted by atomic mass is 16.5. The number of rotatable bonds is 5. The van der Waals surface area contributed by atoms with Gasteiger partial charge in [-0.3, -0.25) is 0 Å². The van der Waals surface area contributed by atoms with Crippen molar-refractivity contribution in [1.29, 1.82) is 0 Å². The molecule has 0 radical (unpaired) electrons. The van der Waals surface area contributed by atoms with Gasteiger partial charge >= 0.3 is 6.03 Å². The maximum Gasteiger partial charge on any atom is 0.317 e. The lowest BCUT2D eigenvalue weighted by Gasteiger charge is -2.09. The van der Waals surface area contributed by atoms with Gasteiger partial charge in [-0.05, 0) is 24.6 Å². The fraction of sp³-hybridized carbons (Fsp3) is 0.188. The molecule has 0 saturated carbocycles. The molecule has 0 aliphatic carbocycles. The van der Waals surface area contributed by atoms with E-state index in [1.165, 1.54) is 5.56 Å². The van der Waals surface area contributed by atoms with Gasteiger partial charge in [0.2, 0.25) is 0 Å². The van der Waals surface area contributed by atoms with Crippen LogP contribution in [0.2, 0.25) is 0 Å². The van der Waals surface area contributed by atoms with Gasteiger partial charge in [0.05, 0.1) is 0 Å². The first-order valence-corrected chi connectivity index (χ1v) is 6.49. The van der Waals surface area contributed by atoms with Crippen molar-refractivity contribution in [2.75, 3.05) is 6.73 Å². The topological polar surface area (TPSA) is 50.4 Å². The van der Waals surface area contributed by atoms with Crippen molar-refractivity contribution in [1.82, 2.24) is 10.6 Å². The summed E-state index contributed by atoms with van der Waals surface area (Å²) in [6.45, 7) is 2.67. The summed E-state index contributed by atoms with van der Waals surface area (Å²) < 4.78 is 5.37. The molecule has 0 aliphatic rings. The molecule has 4 heteroatoms. The minimum atomic E-state index is -0.249. The summed E-state index contributed by atoms with van der Waals surface area (Å²) in [5, 5.41) is 5.42. The zero-order chi connectivity index (χ0) is 14.2. The van der Waals surface area contributed by atoms with E-state index in [9.17, 15) is 4.79 Å². The monoisotopic (exact) mass is 270 g/mol. The lowest BCUT2D eigenvalue weighted by Crippen LogP contribution is -2.37. The Morgan fingerprint density at radius 2 is 1.70 bits per heavy atom. The van der Waals surface area contributed by atoms with Crippen molar-refractivity contribution in [3.63, 3.8) is 0 Å². The van der Waals surface area contributed by atoms with Crippen LogP contribution >= 0.6 is 0 Å². The molecule has 0 bridgehead atoms. The molecule has 0 heterocycles. The third kappa shape index (κ3) is 4.65. The van der Waals surface area contributed by atoms with Gasteiger partial charge in [-0.15, -0.1) is 0 Å². The summed E-state index contributed by atoms with van der Waals surface area (Å²) in [6.07, 6.45) is 0. The Kier molecular flexibility index (Phi) is 5.00. The number of benzene rings is 2. The van der Waals surface area contributed by atoms with Crippen LogP contribution in [0, 0.1) is 6.92 Å². The van der Waals surface area contributed by atoms with Gasteiger partial charge in [-0.1, -0.05) is 48.0 Å². The zero-order valence-electron chi connectivity index (χ0n) is 11.4. The van der Waals surface area contributed by atoms with Crippen LogP contribution in [0.3, 0.4) is 0 Å². The van der Waals surface area contributed by atoms with Crippen LogP contribution in [0.4, 0.5) is 4.79 Å². The molecular weight excluding hydrogens is 252 g/mol. The van der Waals surface area contributed by atoms with Gasteiger partial charge in [-0.2, -0.15) is 0 Å². The van der Waals surface area contributed by atoms with Gasteiger partial charge < -0.3 is 15.4 Å². The molecule has 0 spiro atoms. The van der Waals surface area contributed by atoms with E-state index in [1.54, 1.807) is 0 Å². The first-order chi connectivity index (χ1) is 9.74. The van der Waals surface area contributed by atoms with Crippen LogP contribution in [0.15, 0.2) is 54.6 Å². The summed E-state index contributed by atoms with van der Waals surface area (Å²) >= 11 is 0. The number of para-hydroxylation sites is 1. The molecule has 0 fully saturated rings. The first-order valence-electron chi connectivity index (χ1n) is 6.49. The molecule has 104 valence electrons. The number of carbonyl (C=O) groups is 1. The maximum absolute atomic E-state index is 11.6. The highest BCUT2D eigenvalue weighted by Gasteiger charge is 2.00. The van der Waals surface area contributed by atoms with Gasteiger partial charge in [0.15, 0.2) is 6.73 Å². The Labute approximate surface area is 118 Å². The van der Waals surface area contributed by atoms with E-state index in [4.69, 9.17) is 4.74 Å². The molecule has 0 aromatic heterocycles. The van der Waals surface area contributed by atoms with Gasteiger partial charge in [0.25, 0.3) is 0 Å². The third-order valence-corrected chi connectivity index (χ3v) is 2.79. The molecule has 2 aromatic carbocycles. The molecular formula is C16H18N2O2. The van der Waals surface area contributed by atoms with Crippen LogP contribution in [-0.4, -0.2) is 12.8 Å². The molecule has 0 saturated heterocycles. The van der Waals surface area contributed by atoms with Crippen molar-refractivity contribution in [2.45, 2.75) is 13.5 Å². The lowest BCUT2D eigenvalue weighted by molar-refractivity contribution is 0.223. The van der Waals surface area contributed by atoms with Gasteiger partial charge in [0.1, 0.15) is 5.75 Å². The first kappa shape index (κ1) is 13.9. The second kappa shape index (κ2) is 7.19. The summed E-state index contributed by atoms with van der Waals surface area (Å²) in [5.74, 6) is 0.728. The maximum atomic E-state index is 11.6. The zero-order valence-corrected chi connectivity index (χ0v) is 11.4. The largest absolute Gasteiger partial charge is 0.473 e. The quantitative estimate of drug-likeness (QED) is 0.821.